The van der Waals surface area contributed by atoms with E-state index < -0.39 is 22.0 Å². The average Bonchev–Trinajstić information content (AvgIpc) is 2.94. The molecule has 0 bridgehead atoms. The SMILES string of the molecule is CN(C)C(=O)Oc1ccc2c(c1)C(=NNc1ccc(S(N)(=O)=O)cc1)C(=O)N2. The highest BCUT2D eigenvalue weighted by atomic mass is 32.2. The molecule has 0 unspecified atom stereocenters. The molecule has 2 amide bonds. The maximum atomic E-state index is 12.2. The third-order valence-electron chi connectivity index (χ3n) is 3.76. The lowest BCUT2D eigenvalue weighted by Crippen LogP contribution is -2.25. The van der Waals surface area contributed by atoms with E-state index in [1.54, 1.807) is 26.2 Å². The molecule has 0 fully saturated rings. The smallest absolute Gasteiger partial charge is 0.410 e. The van der Waals surface area contributed by atoms with Gasteiger partial charge in [-0.3, -0.25) is 10.2 Å². The van der Waals surface area contributed by atoms with Crippen LogP contribution in [0, 0.1) is 0 Å². The number of hydrazone groups is 1. The largest absolute Gasteiger partial charge is 0.414 e. The molecule has 146 valence electrons. The fourth-order valence-corrected chi connectivity index (χ4v) is 2.85. The Balaban J connectivity index is 1.83. The predicted octanol–water partition coefficient (Wildman–Crippen LogP) is 1.16. The van der Waals surface area contributed by atoms with Crippen LogP contribution in [0.15, 0.2) is 52.5 Å². The summed E-state index contributed by atoms with van der Waals surface area (Å²) in [5, 5.41) is 11.8. The molecule has 0 atom stereocenters. The number of ether oxygens (including phenoxy) is 1. The van der Waals surface area contributed by atoms with Crippen molar-refractivity contribution in [1.29, 1.82) is 0 Å². The van der Waals surface area contributed by atoms with Gasteiger partial charge in [-0.05, 0) is 42.5 Å². The van der Waals surface area contributed by atoms with Crippen LogP contribution in [0.5, 0.6) is 5.75 Å². The summed E-state index contributed by atoms with van der Waals surface area (Å²) in [6, 6.07) is 10.3. The van der Waals surface area contributed by atoms with Gasteiger partial charge in [0.2, 0.25) is 10.0 Å². The van der Waals surface area contributed by atoms with Crippen molar-refractivity contribution in [3.8, 4) is 5.75 Å². The van der Waals surface area contributed by atoms with Crippen molar-refractivity contribution in [3.63, 3.8) is 0 Å². The summed E-state index contributed by atoms with van der Waals surface area (Å²) in [5.74, 6) is -0.168. The zero-order valence-corrected chi connectivity index (χ0v) is 15.8. The van der Waals surface area contributed by atoms with Gasteiger partial charge >= 0.3 is 6.09 Å². The van der Waals surface area contributed by atoms with Crippen LogP contribution in [0.3, 0.4) is 0 Å². The van der Waals surface area contributed by atoms with E-state index in [4.69, 9.17) is 9.88 Å². The van der Waals surface area contributed by atoms with Crippen molar-refractivity contribution in [2.24, 2.45) is 10.2 Å². The third kappa shape index (κ3) is 4.10. The molecule has 1 heterocycles. The summed E-state index contributed by atoms with van der Waals surface area (Å²) in [6.07, 6.45) is -0.552. The Labute approximate surface area is 161 Å². The molecule has 2 aromatic carbocycles. The summed E-state index contributed by atoms with van der Waals surface area (Å²) in [6.45, 7) is 0. The molecule has 0 aliphatic carbocycles. The van der Waals surface area contributed by atoms with Crippen LogP contribution in [0.2, 0.25) is 0 Å². The van der Waals surface area contributed by atoms with Crippen LogP contribution in [0.4, 0.5) is 16.2 Å². The molecule has 0 spiro atoms. The normalized spacial score (nSPS) is 14.4. The first kappa shape index (κ1) is 19.3. The number of hydrogen-bond acceptors (Lipinski definition) is 7. The van der Waals surface area contributed by atoms with Crippen molar-refractivity contribution in [3.05, 3.63) is 48.0 Å². The minimum atomic E-state index is -3.79. The monoisotopic (exact) mass is 403 g/mol. The second-order valence-corrected chi connectivity index (χ2v) is 7.63. The summed E-state index contributed by atoms with van der Waals surface area (Å²) >= 11 is 0. The molecule has 0 saturated carbocycles. The molecule has 2 aromatic rings. The number of rotatable bonds is 4. The Morgan fingerprint density at radius 2 is 1.86 bits per heavy atom. The van der Waals surface area contributed by atoms with E-state index >= 15 is 0 Å². The summed E-state index contributed by atoms with van der Waals surface area (Å²) < 4.78 is 27.8. The average molecular weight is 403 g/mol. The van der Waals surface area contributed by atoms with Crippen LogP contribution < -0.4 is 20.6 Å². The fourth-order valence-electron chi connectivity index (χ4n) is 2.34. The first-order chi connectivity index (χ1) is 13.1. The first-order valence-corrected chi connectivity index (χ1v) is 9.51. The highest BCUT2D eigenvalue weighted by molar-refractivity contribution is 7.89. The van der Waals surface area contributed by atoms with Gasteiger partial charge < -0.3 is 15.0 Å². The number of primary sulfonamides is 1. The molecule has 10 nitrogen and oxygen atoms in total. The van der Waals surface area contributed by atoms with Gasteiger partial charge in [0.1, 0.15) is 5.75 Å². The third-order valence-corrected chi connectivity index (χ3v) is 4.69. The molecule has 4 N–H and O–H groups in total. The van der Waals surface area contributed by atoms with E-state index in [0.29, 0.717) is 16.9 Å². The van der Waals surface area contributed by atoms with E-state index in [9.17, 15) is 18.0 Å². The molecule has 0 radical (unpaired) electrons. The summed E-state index contributed by atoms with van der Waals surface area (Å²) in [5.41, 5.74) is 4.22. The van der Waals surface area contributed by atoms with E-state index in [2.05, 4.69) is 15.8 Å². The zero-order chi connectivity index (χ0) is 20.5. The molecule has 3 rings (SSSR count). The van der Waals surface area contributed by atoms with Crippen molar-refractivity contribution < 1.29 is 22.7 Å². The number of amides is 2. The maximum Gasteiger partial charge on any atom is 0.414 e. The molecule has 28 heavy (non-hydrogen) atoms. The van der Waals surface area contributed by atoms with Crippen LogP contribution in [-0.2, 0) is 14.8 Å². The minimum Gasteiger partial charge on any atom is -0.410 e. The Morgan fingerprint density at radius 3 is 2.46 bits per heavy atom. The number of hydrogen-bond donors (Lipinski definition) is 3. The zero-order valence-electron chi connectivity index (χ0n) is 15.0. The second-order valence-electron chi connectivity index (χ2n) is 6.07. The Kier molecular flexibility index (Phi) is 5.03. The van der Waals surface area contributed by atoms with Crippen molar-refractivity contribution in [2.75, 3.05) is 24.8 Å². The van der Waals surface area contributed by atoms with E-state index in [0.717, 1.165) is 0 Å². The molecular weight excluding hydrogens is 386 g/mol. The number of fused-ring (bicyclic) bond motifs is 1. The molecule has 0 saturated heterocycles. The maximum absolute atomic E-state index is 12.2. The van der Waals surface area contributed by atoms with Crippen LogP contribution >= 0.6 is 0 Å². The predicted molar refractivity (Wildman–Crippen MR) is 103 cm³/mol. The molecule has 11 heteroatoms. The number of sulfonamides is 1. The standard InChI is InChI=1S/C17H17N5O5S/c1-22(2)17(24)27-11-5-8-14-13(9-11)15(16(23)19-14)21-20-10-3-6-12(7-4-10)28(18,25)26/h3-9,20H,1-2H3,(H2,18,25,26)(H,19,21,23). The second kappa shape index (κ2) is 7.29. The van der Waals surface area contributed by atoms with E-state index in [1.165, 1.54) is 35.2 Å². The lowest BCUT2D eigenvalue weighted by Gasteiger charge is -2.11. The molecule has 0 aromatic heterocycles. The number of anilines is 2. The van der Waals surface area contributed by atoms with E-state index in [-0.39, 0.29) is 16.4 Å². The van der Waals surface area contributed by atoms with Gasteiger partial charge in [0, 0.05) is 19.7 Å². The Hall–Kier alpha value is -3.44. The van der Waals surface area contributed by atoms with Gasteiger partial charge in [0.05, 0.1) is 16.3 Å². The molecule has 1 aliphatic rings. The van der Waals surface area contributed by atoms with Gasteiger partial charge in [-0.2, -0.15) is 5.10 Å². The van der Waals surface area contributed by atoms with Crippen molar-refractivity contribution in [2.45, 2.75) is 4.90 Å². The topological polar surface area (TPSA) is 143 Å². The number of nitrogens with one attached hydrogen (secondary N) is 2. The molecular formula is C17H17N5O5S. The summed E-state index contributed by atoms with van der Waals surface area (Å²) in [7, 11) is -0.684. The Morgan fingerprint density at radius 1 is 1.18 bits per heavy atom. The van der Waals surface area contributed by atoms with Crippen molar-refractivity contribution >= 4 is 39.1 Å². The quantitative estimate of drug-likeness (QED) is 0.654. The van der Waals surface area contributed by atoms with Crippen LogP contribution in [0.1, 0.15) is 5.56 Å². The van der Waals surface area contributed by atoms with Crippen molar-refractivity contribution in [1.82, 2.24) is 4.90 Å². The van der Waals surface area contributed by atoms with Gasteiger partial charge in [0.15, 0.2) is 5.71 Å². The van der Waals surface area contributed by atoms with Gasteiger partial charge in [-0.15, -0.1) is 0 Å². The minimum absolute atomic E-state index is 0.0398. The van der Waals surface area contributed by atoms with Crippen LogP contribution in [0.25, 0.3) is 0 Å². The lowest BCUT2D eigenvalue weighted by atomic mass is 10.1. The first-order valence-electron chi connectivity index (χ1n) is 7.96. The highest BCUT2D eigenvalue weighted by Gasteiger charge is 2.27. The summed E-state index contributed by atoms with van der Waals surface area (Å²) in [4.78, 5) is 25.1. The van der Waals surface area contributed by atoms with E-state index in [1.807, 2.05) is 0 Å². The van der Waals surface area contributed by atoms with Gasteiger partial charge in [0.25, 0.3) is 5.91 Å². The number of carbonyl (C=O) groups excluding carboxylic acids is 2. The number of benzene rings is 2. The van der Waals surface area contributed by atoms with Gasteiger partial charge in [-0.25, -0.2) is 18.4 Å². The number of nitrogens with two attached hydrogens (primary N) is 1. The highest BCUT2D eigenvalue weighted by Crippen LogP contribution is 2.28. The fraction of sp³-hybridized carbons (Fsp3) is 0.118. The Bertz CT molecular complexity index is 1080. The number of carbonyl (C=O) groups is 2. The molecule has 1 aliphatic heterocycles. The van der Waals surface area contributed by atoms with Crippen LogP contribution in [-0.4, -0.2) is 45.1 Å². The lowest BCUT2D eigenvalue weighted by molar-refractivity contribution is -0.110. The van der Waals surface area contributed by atoms with Gasteiger partial charge in [-0.1, -0.05) is 0 Å². The number of nitrogens with zero attached hydrogens (tertiary/aromatic N) is 2.